The van der Waals surface area contributed by atoms with Crippen LogP contribution in [0.15, 0.2) is 39.4 Å². The summed E-state index contributed by atoms with van der Waals surface area (Å²) in [6.07, 6.45) is 4.45. The molecule has 0 spiro atoms. The molecule has 1 atom stereocenters. The van der Waals surface area contributed by atoms with Crippen LogP contribution in [0.5, 0.6) is 0 Å². The van der Waals surface area contributed by atoms with Crippen LogP contribution < -0.4 is 5.90 Å². The molecule has 1 rings (SSSR count). The van der Waals surface area contributed by atoms with Crippen molar-refractivity contribution in [3.05, 3.63) is 35.4 Å². The average molecular weight is 407 g/mol. The summed E-state index contributed by atoms with van der Waals surface area (Å²) in [5, 5.41) is 4.00. The molecule has 8 nitrogen and oxygen atoms in total. The standard InChI is InChI=1S/C19H30N5O3P/c1-3-8-24(9-11-26-20)10-12-27-23-14-18-6-4-17(5-7-18)13-21-15-22-16(2)19(25)28/h4-7,13-14H,3,8-12,15,20,28H2,1-2H3/b21-13-,22-16+,23-14+. The maximum atomic E-state index is 11.0. The molecule has 0 aromatic heterocycles. The Hall–Kier alpha value is -1.99. The van der Waals surface area contributed by atoms with Gasteiger partial charge in [0.15, 0.2) is 5.52 Å². The molecule has 0 saturated heterocycles. The summed E-state index contributed by atoms with van der Waals surface area (Å²) >= 11 is 0. The molecule has 0 radical (unpaired) electrons. The summed E-state index contributed by atoms with van der Waals surface area (Å²) in [4.78, 5) is 31.4. The van der Waals surface area contributed by atoms with Gasteiger partial charge in [-0.3, -0.25) is 19.7 Å². The molecule has 0 fully saturated rings. The Bertz CT molecular complexity index is 662. The molecule has 9 heteroatoms. The number of hydrogen-bond donors (Lipinski definition) is 1. The van der Waals surface area contributed by atoms with Crippen molar-refractivity contribution in [2.75, 3.05) is 39.5 Å². The first-order valence-electron chi connectivity index (χ1n) is 9.17. The fraction of sp³-hybridized carbons (Fsp3) is 0.474. The van der Waals surface area contributed by atoms with Crippen LogP contribution in [0.25, 0.3) is 0 Å². The third-order valence-corrected chi connectivity index (χ3v) is 4.18. The number of benzene rings is 1. The molecule has 0 aliphatic carbocycles. The summed E-state index contributed by atoms with van der Waals surface area (Å²) in [5.74, 6) is 5.07. The fourth-order valence-electron chi connectivity index (χ4n) is 2.19. The Morgan fingerprint density at radius 1 is 1.14 bits per heavy atom. The summed E-state index contributed by atoms with van der Waals surface area (Å²) in [7, 11) is 2.09. The maximum absolute atomic E-state index is 11.0. The van der Waals surface area contributed by atoms with Gasteiger partial charge in [-0.2, -0.15) is 0 Å². The predicted octanol–water partition coefficient (Wildman–Crippen LogP) is 1.88. The molecule has 1 aromatic rings. The Labute approximate surface area is 169 Å². The van der Waals surface area contributed by atoms with Crippen molar-refractivity contribution in [3.8, 4) is 0 Å². The zero-order valence-electron chi connectivity index (χ0n) is 16.6. The lowest BCUT2D eigenvalue weighted by molar-refractivity contribution is -0.105. The first-order valence-corrected chi connectivity index (χ1v) is 9.74. The molecule has 28 heavy (non-hydrogen) atoms. The number of carbonyl (C=O) groups excluding carboxylic acids is 1. The van der Waals surface area contributed by atoms with E-state index in [2.05, 4.69) is 41.0 Å². The van der Waals surface area contributed by atoms with Gasteiger partial charge < -0.3 is 9.68 Å². The van der Waals surface area contributed by atoms with E-state index in [0.29, 0.717) is 18.9 Å². The van der Waals surface area contributed by atoms with Crippen molar-refractivity contribution in [2.45, 2.75) is 20.3 Å². The first kappa shape index (κ1) is 24.0. The van der Waals surface area contributed by atoms with Gasteiger partial charge in [0, 0.05) is 19.3 Å². The minimum Gasteiger partial charge on any atom is -0.394 e. The van der Waals surface area contributed by atoms with Crippen LogP contribution in [0, 0.1) is 0 Å². The van der Waals surface area contributed by atoms with E-state index in [1.165, 1.54) is 0 Å². The molecule has 0 amide bonds. The van der Waals surface area contributed by atoms with E-state index < -0.39 is 0 Å². The monoisotopic (exact) mass is 407 g/mol. The zero-order chi connectivity index (χ0) is 20.6. The number of aliphatic imine (C=N–C) groups is 2. The molecule has 1 unspecified atom stereocenters. The highest BCUT2D eigenvalue weighted by atomic mass is 31.0. The summed E-state index contributed by atoms with van der Waals surface area (Å²) < 4.78 is 0. The fourth-order valence-corrected chi connectivity index (χ4v) is 2.28. The third-order valence-electron chi connectivity index (χ3n) is 3.76. The van der Waals surface area contributed by atoms with Crippen LogP contribution in [0.4, 0.5) is 0 Å². The second-order valence-electron chi connectivity index (χ2n) is 6.01. The van der Waals surface area contributed by atoms with Crippen molar-refractivity contribution in [1.29, 1.82) is 0 Å². The van der Waals surface area contributed by atoms with Gasteiger partial charge >= 0.3 is 0 Å². The van der Waals surface area contributed by atoms with Gasteiger partial charge in [0.1, 0.15) is 13.3 Å². The average Bonchev–Trinajstić information content (AvgIpc) is 2.69. The third kappa shape index (κ3) is 11.0. The van der Waals surface area contributed by atoms with E-state index in [9.17, 15) is 4.79 Å². The molecule has 0 bridgehead atoms. The lowest BCUT2D eigenvalue weighted by Crippen LogP contribution is -2.32. The van der Waals surface area contributed by atoms with Crippen LogP contribution >= 0.6 is 9.24 Å². The number of nitrogens with zero attached hydrogens (tertiary/aromatic N) is 4. The van der Waals surface area contributed by atoms with Gasteiger partial charge in [-0.25, -0.2) is 5.90 Å². The number of nitrogens with two attached hydrogens (primary N) is 1. The Morgan fingerprint density at radius 2 is 1.79 bits per heavy atom. The van der Waals surface area contributed by atoms with Crippen molar-refractivity contribution in [2.24, 2.45) is 21.0 Å². The molecule has 2 N–H and O–H groups in total. The van der Waals surface area contributed by atoms with Crippen LogP contribution in [0.2, 0.25) is 0 Å². The van der Waals surface area contributed by atoms with E-state index in [-0.39, 0.29) is 12.2 Å². The SMILES string of the molecule is CCCN(CCON)CCO/N=C/c1ccc(/C=N\C/N=C(\C)C(=O)P)cc1. The van der Waals surface area contributed by atoms with Crippen molar-refractivity contribution >= 4 is 32.9 Å². The van der Waals surface area contributed by atoms with Crippen LogP contribution in [0.3, 0.4) is 0 Å². The second kappa shape index (κ2) is 15.0. The lowest BCUT2D eigenvalue weighted by Gasteiger charge is -2.19. The van der Waals surface area contributed by atoms with Gasteiger partial charge in [0.2, 0.25) is 0 Å². The molecular formula is C19H30N5O3P. The highest BCUT2D eigenvalue weighted by Crippen LogP contribution is 2.01. The Balaban J connectivity index is 2.37. The van der Waals surface area contributed by atoms with Gasteiger partial charge in [0.25, 0.3) is 0 Å². The van der Waals surface area contributed by atoms with E-state index in [1.807, 2.05) is 24.3 Å². The highest BCUT2D eigenvalue weighted by molar-refractivity contribution is 7.45. The van der Waals surface area contributed by atoms with Crippen LogP contribution in [0.1, 0.15) is 31.4 Å². The van der Waals surface area contributed by atoms with Crippen molar-refractivity contribution in [1.82, 2.24) is 4.90 Å². The normalized spacial score (nSPS) is 12.4. The smallest absolute Gasteiger partial charge is 0.191 e. The second-order valence-corrected chi connectivity index (χ2v) is 6.53. The van der Waals surface area contributed by atoms with Gasteiger partial charge in [0.05, 0.1) is 18.5 Å². The Kier molecular flexibility index (Phi) is 12.9. The lowest BCUT2D eigenvalue weighted by atomic mass is 10.2. The van der Waals surface area contributed by atoms with Crippen LogP contribution in [-0.4, -0.2) is 68.1 Å². The van der Waals surface area contributed by atoms with E-state index in [4.69, 9.17) is 10.7 Å². The number of oxime groups is 1. The first-order chi connectivity index (χ1) is 13.6. The van der Waals surface area contributed by atoms with E-state index in [1.54, 1.807) is 19.4 Å². The quantitative estimate of drug-likeness (QED) is 0.220. The van der Waals surface area contributed by atoms with Gasteiger partial charge in [-0.15, -0.1) is 0 Å². The zero-order valence-corrected chi connectivity index (χ0v) is 17.7. The van der Waals surface area contributed by atoms with Gasteiger partial charge in [-0.05, 0) is 31.0 Å². The Morgan fingerprint density at radius 3 is 2.39 bits per heavy atom. The summed E-state index contributed by atoms with van der Waals surface area (Å²) in [5.41, 5.74) is 2.20. The predicted molar refractivity (Wildman–Crippen MR) is 117 cm³/mol. The molecule has 0 heterocycles. The maximum Gasteiger partial charge on any atom is 0.191 e. The molecule has 0 aliphatic heterocycles. The highest BCUT2D eigenvalue weighted by Gasteiger charge is 2.03. The van der Waals surface area contributed by atoms with E-state index in [0.717, 1.165) is 37.2 Å². The number of rotatable bonds is 14. The molecule has 0 saturated carbocycles. The number of hydrogen-bond acceptors (Lipinski definition) is 8. The minimum absolute atomic E-state index is 0.122. The molecule has 1 aromatic carbocycles. The van der Waals surface area contributed by atoms with E-state index >= 15 is 0 Å². The van der Waals surface area contributed by atoms with Crippen LogP contribution in [-0.2, 0) is 14.5 Å². The van der Waals surface area contributed by atoms with Gasteiger partial charge in [-0.1, -0.05) is 45.6 Å². The molecule has 154 valence electrons. The number of carbonyl (C=O) groups is 1. The summed E-state index contributed by atoms with van der Waals surface area (Å²) in [6.45, 7) is 7.55. The summed E-state index contributed by atoms with van der Waals surface area (Å²) in [6, 6.07) is 7.71. The largest absolute Gasteiger partial charge is 0.394 e. The van der Waals surface area contributed by atoms with Crippen molar-refractivity contribution < 1.29 is 14.5 Å². The minimum atomic E-state index is -0.122. The molecule has 0 aliphatic rings. The topological polar surface area (TPSA) is 102 Å². The molecular weight excluding hydrogens is 377 g/mol. The van der Waals surface area contributed by atoms with Crippen molar-refractivity contribution in [3.63, 3.8) is 0 Å².